The topological polar surface area (TPSA) is 29.1 Å². The van der Waals surface area contributed by atoms with Crippen molar-refractivity contribution in [3.8, 4) is 0 Å². The molecule has 0 radical (unpaired) electrons. The minimum atomic E-state index is 0.259. The van der Waals surface area contributed by atoms with Crippen LogP contribution in [0.5, 0.6) is 0 Å². The third-order valence-corrected chi connectivity index (χ3v) is 3.56. The highest BCUT2D eigenvalue weighted by atomic mass is 16.1. The molecule has 1 N–H and O–H groups in total. The standard InChI is InChI=1S/C15H21NO/c1-12-6-8-13(9-7-12)10-11-16-15(17)14-4-2-3-5-14/h6-9,14H,2-5,10-11H2,1H3,(H,16,17). The van der Waals surface area contributed by atoms with Crippen molar-refractivity contribution in [2.75, 3.05) is 6.54 Å². The van der Waals surface area contributed by atoms with Gasteiger partial charge in [0.2, 0.25) is 5.91 Å². The van der Waals surface area contributed by atoms with Crippen LogP contribution in [0.2, 0.25) is 0 Å². The zero-order valence-electron chi connectivity index (χ0n) is 10.5. The Hall–Kier alpha value is -1.31. The number of benzene rings is 1. The SMILES string of the molecule is Cc1ccc(CCNC(=O)C2CCCC2)cc1. The maximum absolute atomic E-state index is 11.8. The number of hydrogen-bond donors (Lipinski definition) is 1. The van der Waals surface area contributed by atoms with E-state index in [2.05, 4.69) is 36.5 Å². The second-order valence-electron chi connectivity index (χ2n) is 5.01. The van der Waals surface area contributed by atoms with Crippen LogP contribution in [0.1, 0.15) is 36.8 Å². The van der Waals surface area contributed by atoms with Gasteiger partial charge in [0.1, 0.15) is 0 Å². The number of carbonyl (C=O) groups is 1. The van der Waals surface area contributed by atoms with Crippen LogP contribution < -0.4 is 5.32 Å². The number of amides is 1. The van der Waals surface area contributed by atoms with Crippen LogP contribution in [0.25, 0.3) is 0 Å². The summed E-state index contributed by atoms with van der Waals surface area (Å²) in [7, 11) is 0. The van der Waals surface area contributed by atoms with Gasteiger partial charge in [-0.15, -0.1) is 0 Å². The molecule has 0 unspecified atom stereocenters. The Morgan fingerprint density at radius 3 is 2.53 bits per heavy atom. The summed E-state index contributed by atoms with van der Waals surface area (Å²) >= 11 is 0. The summed E-state index contributed by atoms with van der Waals surface area (Å²) in [6.07, 6.45) is 5.53. The first-order valence-electron chi connectivity index (χ1n) is 6.59. The van der Waals surface area contributed by atoms with Gasteiger partial charge in [-0.1, -0.05) is 42.7 Å². The molecule has 1 aromatic rings. The molecule has 1 saturated carbocycles. The highest BCUT2D eigenvalue weighted by molar-refractivity contribution is 5.78. The van der Waals surface area contributed by atoms with E-state index in [1.54, 1.807) is 0 Å². The van der Waals surface area contributed by atoms with Crippen LogP contribution in [-0.4, -0.2) is 12.5 Å². The van der Waals surface area contributed by atoms with E-state index in [1.807, 2.05) is 0 Å². The van der Waals surface area contributed by atoms with Crippen molar-refractivity contribution in [2.45, 2.75) is 39.0 Å². The number of hydrogen-bond acceptors (Lipinski definition) is 1. The predicted octanol–water partition coefficient (Wildman–Crippen LogP) is 2.84. The van der Waals surface area contributed by atoms with Crippen molar-refractivity contribution in [2.24, 2.45) is 5.92 Å². The van der Waals surface area contributed by atoms with E-state index in [0.29, 0.717) is 0 Å². The molecule has 1 aliphatic carbocycles. The molecule has 1 amide bonds. The van der Waals surface area contributed by atoms with E-state index in [1.165, 1.54) is 24.0 Å². The minimum Gasteiger partial charge on any atom is -0.356 e. The Labute approximate surface area is 103 Å². The number of rotatable bonds is 4. The van der Waals surface area contributed by atoms with Crippen LogP contribution in [0.4, 0.5) is 0 Å². The second kappa shape index (κ2) is 5.85. The Morgan fingerprint density at radius 2 is 1.88 bits per heavy atom. The molecule has 1 fully saturated rings. The van der Waals surface area contributed by atoms with Crippen LogP contribution in [0, 0.1) is 12.8 Å². The predicted molar refractivity (Wildman–Crippen MR) is 69.9 cm³/mol. The summed E-state index contributed by atoms with van der Waals surface area (Å²) in [5.74, 6) is 0.544. The maximum atomic E-state index is 11.8. The largest absolute Gasteiger partial charge is 0.356 e. The lowest BCUT2D eigenvalue weighted by molar-refractivity contribution is -0.124. The van der Waals surface area contributed by atoms with Crippen molar-refractivity contribution in [1.82, 2.24) is 5.32 Å². The zero-order valence-corrected chi connectivity index (χ0v) is 10.5. The number of aryl methyl sites for hydroxylation is 1. The van der Waals surface area contributed by atoms with Crippen LogP contribution in [0.3, 0.4) is 0 Å². The fourth-order valence-corrected chi connectivity index (χ4v) is 2.42. The average Bonchev–Trinajstić information content (AvgIpc) is 2.85. The van der Waals surface area contributed by atoms with Crippen molar-refractivity contribution in [3.05, 3.63) is 35.4 Å². The van der Waals surface area contributed by atoms with E-state index < -0.39 is 0 Å². The van der Waals surface area contributed by atoms with Crippen molar-refractivity contribution in [3.63, 3.8) is 0 Å². The van der Waals surface area contributed by atoms with Crippen molar-refractivity contribution >= 4 is 5.91 Å². The molecular weight excluding hydrogens is 210 g/mol. The monoisotopic (exact) mass is 231 g/mol. The van der Waals surface area contributed by atoms with Gasteiger partial charge in [-0.3, -0.25) is 4.79 Å². The molecule has 0 aliphatic heterocycles. The van der Waals surface area contributed by atoms with E-state index in [0.717, 1.165) is 25.8 Å². The molecule has 1 aliphatic rings. The van der Waals surface area contributed by atoms with Gasteiger partial charge in [-0.2, -0.15) is 0 Å². The molecule has 0 bridgehead atoms. The number of nitrogens with one attached hydrogen (secondary N) is 1. The van der Waals surface area contributed by atoms with Gasteiger partial charge in [0.05, 0.1) is 0 Å². The highest BCUT2D eigenvalue weighted by Gasteiger charge is 2.21. The third-order valence-electron chi connectivity index (χ3n) is 3.56. The first-order chi connectivity index (χ1) is 8.25. The summed E-state index contributed by atoms with van der Waals surface area (Å²) in [5, 5.41) is 3.05. The molecular formula is C15H21NO. The second-order valence-corrected chi connectivity index (χ2v) is 5.01. The molecule has 0 saturated heterocycles. The number of carbonyl (C=O) groups excluding carboxylic acids is 1. The summed E-state index contributed by atoms with van der Waals surface area (Å²) in [6, 6.07) is 8.51. The van der Waals surface area contributed by atoms with Crippen LogP contribution >= 0.6 is 0 Å². The van der Waals surface area contributed by atoms with Gasteiger partial charge in [0.25, 0.3) is 0 Å². The van der Waals surface area contributed by atoms with Gasteiger partial charge in [-0.25, -0.2) is 0 Å². The molecule has 2 nitrogen and oxygen atoms in total. The molecule has 0 heterocycles. The van der Waals surface area contributed by atoms with Gasteiger partial charge in [0, 0.05) is 12.5 Å². The van der Waals surface area contributed by atoms with Gasteiger partial charge < -0.3 is 5.32 Å². The quantitative estimate of drug-likeness (QED) is 0.848. The molecule has 2 heteroatoms. The van der Waals surface area contributed by atoms with Crippen molar-refractivity contribution in [1.29, 1.82) is 0 Å². The summed E-state index contributed by atoms with van der Waals surface area (Å²) < 4.78 is 0. The highest BCUT2D eigenvalue weighted by Crippen LogP contribution is 2.24. The van der Waals surface area contributed by atoms with Gasteiger partial charge >= 0.3 is 0 Å². The minimum absolute atomic E-state index is 0.259. The summed E-state index contributed by atoms with van der Waals surface area (Å²) in [5.41, 5.74) is 2.58. The molecule has 1 aromatic carbocycles. The van der Waals surface area contributed by atoms with E-state index in [9.17, 15) is 4.79 Å². The Balaban J connectivity index is 1.72. The molecule has 2 rings (SSSR count). The maximum Gasteiger partial charge on any atom is 0.223 e. The normalized spacial score (nSPS) is 16.1. The van der Waals surface area contributed by atoms with Gasteiger partial charge in [-0.05, 0) is 31.7 Å². The molecule has 0 atom stereocenters. The van der Waals surface area contributed by atoms with E-state index >= 15 is 0 Å². The lowest BCUT2D eigenvalue weighted by Gasteiger charge is -2.10. The summed E-state index contributed by atoms with van der Waals surface area (Å²) in [4.78, 5) is 11.8. The third kappa shape index (κ3) is 3.58. The Bertz CT molecular complexity index is 363. The molecule has 0 spiro atoms. The zero-order chi connectivity index (χ0) is 12.1. The average molecular weight is 231 g/mol. The van der Waals surface area contributed by atoms with Crippen LogP contribution in [-0.2, 0) is 11.2 Å². The molecule has 17 heavy (non-hydrogen) atoms. The fraction of sp³-hybridized carbons (Fsp3) is 0.533. The molecule has 92 valence electrons. The van der Waals surface area contributed by atoms with Crippen LogP contribution in [0.15, 0.2) is 24.3 Å². The fourth-order valence-electron chi connectivity index (χ4n) is 2.42. The van der Waals surface area contributed by atoms with E-state index in [-0.39, 0.29) is 11.8 Å². The van der Waals surface area contributed by atoms with Gasteiger partial charge in [0.15, 0.2) is 0 Å². The van der Waals surface area contributed by atoms with E-state index in [4.69, 9.17) is 0 Å². The van der Waals surface area contributed by atoms with Crippen molar-refractivity contribution < 1.29 is 4.79 Å². The molecule has 0 aromatic heterocycles. The lowest BCUT2D eigenvalue weighted by Crippen LogP contribution is -2.30. The Morgan fingerprint density at radius 1 is 1.24 bits per heavy atom. The first kappa shape index (κ1) is 12.2. The first-order valence-corrected chi connectivity index (χ1v) is 6.59. The summed E-state index contributed by atoms with van der Waals surface area (Å²) in [6.45, 7) is 2.85. The smallest absolute Gasteiger partial charge is 0.223 e. The Kier molecular flexibility index (Phi) is 4.18. The lowest BCUT2D eigenvalue weighted by atomic mass is 10.1.